The van der Waals surface area contributed by atoms with Crippen LogP contribution in [0.2, 0.25) is 0 Å². The van der Waals surface area contributed by atoms with E-state index >= 15 is 0 Å². The minimum absolute atomic E-state index is 0.807. The Hall–Kier alpha value is -5.93. The van der Waals surface area contributed by atoms with E-state index in [0.29, 0.717) is 0 Å². The fourth-order valence-electron chi connectivity index (χ4n) is 6.62. The van der Waals surface area contributed by atoms with Gasteiger partial charge in [-0.1, -0.05) is 97.1 Å². The predicted octanol–water partition coefficient (Wildman–Crippen LogP) is 11.1. The SMILES string of the molecule is c1cc(-c2cccc(-c3cccc4c3oc3cccnc34)c2)cc(-c2cccc(-n3c4ccccc4c4ccccc43)c2)c1. The number of pyridine rings is 1. The van der Waals surface area contributed by atoms with Crippen LogP contribution < -0.4 is 0 Å². The summed E-state index contributed by atoms with van der Waals surface area (Å²) in [4.78, 5) is 4.56. The van der Waals surface area contributed by atoms with E-state index in [-0.39, 0.29) is 0 Å². The topological polar surface area (TPSA) is 31.0 Å². The van der Waals surface area contributed by atoms with Crippen LogP contribution in [0.5, 0.6) is 0 Å². The summed E-state index contributed by atoms with van der Waals surface area (Å²) in [5.41, 5.74) is 13.0. The highest BCUT2D eigenvalue weighted by Gasteiger charge is 2.14. The number of rotatable bonds is 4. The van der Waals surface area contributed by atoms with Gasteiger partial charge in [-0.3, -0.25) is 4.98 Å². The van der Waals surface area contributed by atoms with Gasteiger partial charge in [-0.15, -0.1) is 0 Å². The molecule has 206 valence electrons. The summed E-state index contributed by atoms with van der Waals surface area (Å²) in [6.07, 6.45) is 1.82. The molecule has 0 N–H and O–H groups in total. The van der Waals surface area contributed by atoms with E-state index in [4.69, 9.17) is 4.42 Å². The van der Waals surface area contributed by atoms with Gasteiger partial charge >= 0.3 is 0 Å². The van der Waals surface area contributed by atoms with Crippen molar-refractivity contribution in [2.45, 2.75) is 0 Å². The Morgan fingerprint density at radius 3 is 1.75 bits per heavy atom. The van der Waals surface area contributed by atoms with E-state index in [9.17, 15) is 0 Å². The van der Waals surface area contributed by atoms with E-state index in [2.05, 4.69) is 149 Å². The zero-order valence-corrected chi connectivity index (χ0v) is 23.8. The fraction of sp³-hybridized carbons (Fsp3) is 0. The van der Waals surface area contributed by atoms with Crippen LogP contribution in [0.15, 0.2) is 162 Å². The summed E-state index contributed by atoms with van der Waals surface area (Å²) in [5.74, 6) is 0. The zero-order valence-electron chi connectivity index (χ0n) is 23.8. The molecule has 0 aliphatic rings. The van der Waals surface area contributed by atoms with Gasteiger partial charge in [0.1, 0.15) is 11.1 Å². The van der Waals surface area contributed by atoms with E-state index < -0.39 is 0 Å². The molecule has 0 fully saturated rings. The van der Waals surface area contributed by atoms with Crippen molar-refractivity contribution in [1.29, 1.82) is 0 Å². The number of furan rings is 1. The van der Waals surface area contributed by atoms with Crippen molar-refractivity contribution in [3.05, 3.63) is 158 Å². The van der Waals surface area contributed by atoms with Gasteiger partial charge in [-0.2, -0.15) is 0 Å². The maximum absolute atomic E-state index is 6.29. The van der Waals surface area contributed by atoms with Gasteiger partial charge in [0.15, 0.2) is 5.58 Å². The van der Waals surface area contributed by atoms with Crippen LogP contribution in [-0.2, 0) is 0 Å². The number of nitrogens with zero attached hydrogens (tertiary/aromatic N) is 2. The van der Waals surface area contributed by atoms with Crippen molar-refractivity contribution < 1.29 is 4.42 Å². The van der Waals surface area contributed by atoms with Crippen molar-refractivity contribution in [2.24, 2.45) is 0 Å². The van der Waals surface area contributed by atoms with Gasteiger partial charge in [0.25, 0.3) is 0 Å². The molecule has 0 aliphatic carbocycles. The first-order chi connectivity index (χ1) is 21.8. The maximum atomic E-state index is 6.29. The summed E-state index contributed by atoms with van der Waals surface area (Å²) in [6, 6.07) is 53.8. The van der Waals surface area contributed by atoms with E-state index in [1.54, 1.807) is 0 Å². The first-order valence-corrected chi connectivity index (χ1v) is 14.9. The molecule has 0 saturated heterocycles. The third-order valence-corrected chi connectivity index (χ3v) is 8.64. The molecule has 3 aromatic heterocycles. The van der Waals surface area contributed by atoms with Gasteiger partial charge < -0.3 is 8.98 Å². The lowest BCUT2D eigenvalue weighted by Gasteiger charge is -2.12. The molecule has 9 aromatic rings. The quantitative estimate of drug-likeness (QED) is 0.214. The minimum atomic E-state index is 0.807. The Labute approximate surface area is 254 Å². The molecule has 0 aliphatic heterocycles. The van der Waals surface area contributed by atoms with Crippen LogP contribution in [0.25, 0.3) is 82.9 Å². The molecule has 0 amide bonds. The Balaban J connectivity index is 1.13. The number of benzene rings is 6. The summed E-state index contributed by atoms with van der Waals surface area (Å²) in [7, 11) is 0. The number of hydrogen-bond acceptors (Lipinski definition) is 2. The Kier molecular flexibility index (Phi) is 5.50. The molecule has 0 spiro atoms. The molecule has 0 saturated carbocycles. The van der Waals surface area contributed by atoms with Crippen molar-refractivity contribution in [3.63, 3.8) is 0 Å². The molecule has 9 rings (SSSR count). The molecule has 0 atom stereocenters. The maximum Gasteiger partial charge on any atom is 0.153 e. The summed E-state index contributed by atoms with van der Waals surface area (Å²) >= 11 is 0. The molecule has 3 heterocycles. The lowest BCUT2D eigenvalue weighted by atomic mass is 9.95. The number of para-hydroxylation sites is 3. The normalized spacial score (nSPS) is 11.6. The summed E-state index contributed by atoms with van der Waals surface area (Å²) in [5, 5.41) is 3.57. The second kappa shape index (κ2) is 9.82. The lowest BCUT2D eigenvalue weighted by Crippen LogP contribution is -1.94. The van der Waals surface area contributed by atoms with Gasteiger partial charge in [0.2, 0.25) is 0 Å². The van der Waals surface area contributed by atoms with Crippen LogP contribution in [0, 0.1) is 0 Å². The molecular formula is C41H26N2O. The highest BCUT2D eigenvalue weighted by atomic mass is 16.3. The van der Waals surface area contributed by atoms with Crippen LogP contribution in [0.3, 0.4) is 0 Å². The molecular weight excluding hydrogens is 536 g/mol. The molecule has 6 aromatic carbocycles. The second-order valence-electron chi connectivity index (χ2n) is 11.2. The van der Waals surface area contributed by atoms with Gasteiger partial charge in [0, 0.05) is 33.6 Å². The molecule has 44 heavy (non-hydrogen) atoms. The van der Waals surface area contributed by atoms with E-state index in [1.807, 2.05) is 18.3 Å². The molecule has 0 unspecified atom stereocenters. The molecule has 3 nitrogen and oxygen atoms in total. The monoisotopic (exact) mass is 562 g/mol. The largest absolute Gasteiger partial charge is 0.454 e. The first-order valence-electron chi connectivity index (χ1n) is 14.9. The van der Waals surface area contributed by atoms with E-state index in [0.717, 1.165) is 44.4 Å². The Morgan fingerprint density at radius 2 is 1.02 bits per heavy atom. The van der Waals surface area contributed by atoms with Gasteiger partial charge in [0.05, 0.1) is 11.0 Å². The van der Waals surface area contributed by atoms with Crippen molar-refractivity contribution in [2.75, 3.05) is 0 Å². The van der Waals surface area contributed by atoms with Gasteiger partial charge in [-0.25, -0.2) is 0 Å². The molecule has 0 radical (unpaired) electrons. The van der Waals surface area contributed by atoms with Crippen LogP contribution in [0.4, 0.5) is 0 Å². The average Bonchev–Trinajstić information content (AvgIpc) is 3.65. The van der Waals surface area contributed by atoms with Crippen molar-refractivity contribution >= 4 is 43.9 Å². The third-order valence-electron chi connectivity index (χ3n) is 8.64. The first kappa shape index (κ1) is 24.6. The third kappa shape index (κ3) is 3.87. The second-order valence-corrected chi connectivity index (χ2v) is 11.2. The number of hydrogen-bond donors (Lipinski definition) is 0. The van der Waals surface area contributed by atoms with Crippen LogP contribution in [-0.4, -0.2) is 9.55 Å². The Bertz CT molecular complexity index is 2460. The number of fused-ring (bicyclic) bond motifs is 6. The van der Waals surface area contributed by atoms with Crippen molar-refractivity contribution in [1.82, 2.24) is 9.55 Å². The van der Waals surface area contributed by atoms with Crippen LogP contribution >= 0.6 is 0 Å². The smallest absolute Gasteiger partial charge is 0.153 e. The van der Waals surface area contributed by atoms with E-state index in [1.165, 1.54) is 38.5 Å². The predicted molar refractivity (Wildman–Crippen MR) is 182 cm³/mol. The summed E-state index contributed by atoms with van der Waals surface area (Å²) in [6.45, 7) is 0. The minimum Gasteiger partial charge on any atom is -0.454 e. The lowest BCUT2D eigenvalue weighted by molar-refractivity contribution is 0.669. The highest BCUT2D eigenvalue weighted by Crippen LogP contribution is 2.37. The van der Waals surface area contributed by atoms with Crippen LogP contribution in [0.1, 0.15) is 0 Å². The number of aromatic nitrogens is 2. The van der Waals surface area contributed by atoms with Gasteiger partial charge in [-0.05, 0) is 82.4 Å². The average molecular weight is 563 g/mol. The standard InChI is InChI=1S/C41H26N2O/c1-3-20-37-34(16-1)35-17-2-4-21-38(35)43(37)32-15-7-13-30(26-32)28-11-5-10-27(24-28)29-12-6-14-31(25-29)33-18-8-19-36-40-39(44-41(33)36)22-9-23-42-40/h1-26H. The highest BCUT2D eigenvalue weighted by molar-refractivity contribution is 6.09. The summed E-state index contributed by atoms with van der Waals surface area (Å²) < 4.78 is 8.66. The molecule has 3 heteroatoms. The zero-order chi connectivity index (χ0) is 29.0. The fourth-order valence-corrected chi connectivity index (χ4v) is 6.62. The molecule has 0 bridgehead atoms. The Morgan fingerprint density at radius 1 is 0.455 bits per heavy atom. The van der Waals surface area contributed by atoms with Crippen molar-refractivity contribution in [3.8, 4) is 39.1 Å².